The van der Waals surface area contributed by atoms with Crippen LogP contribution in [0.1, 0.15) is 5.56 Å². The first-order chi connectivity index (χ1) is 15.1. The van der Waals surface area contributed by atoms with Gasteiger partial charge in [-0.15, -0.1) is 11.3 Å². The number of fused-ring (bicyclic) bond motifs is 1. The van der Waals surface area contributed by atoms with E-state index in [9.17, 15) is 22.4 Å². The molecule has 164 valence electrons. The SMILES string of the molecule is O=C(Cc1ccc(-n2cnc3cc(Cl)ccc3c2=O)c(F)c1)CS(=O)(=O)c1ccc(Cl)s1. The van der Waals surface area contributed by atoms with Crippen LogP contribution in [0.3, 0.4) is 0 Å². The molecule has 0 amide bonds. The van der Waals surface area contributed by atoms with E-state index in [0.717, 1.165) is 22.0 Å². The predicted octanol–water partition coefficient (Wildman–Crippen LogP) is 4.48. The molecular weight excluding hydrogens is 498 g/mol. The Bertz CT molecular complexity index is 1530. The Morgan fingerprint density at radius 3 is 2.56 bits per heavy atom. The Hall–Kier alpha value is -2.59. The number of hydrogen-bond acceptors (Lipinski definition) is 6. The van der Waals surface area contributed by atoms with Crippen LogP contribution in [0.2, 0.25) is 9.36 Å². The summed E-state index contributed by atoms with van der Waals surface area (Å²) in [6.45, 7) is 0. The van der Waals surface area contributed by atoms with E-state index in [-0.39, 0.29) is 27.3 Å². The van der Waals surface area contributed by atoms with Gasteiger partial charge >= 0.3 is 0 Å². The molecule has 11 heteroatoms. The van der Waals surface area contributed by atoms with Crippen LogP contribution in [0, 0.1) is 5.82 Å². The molecule has 0 atom stereocenters. The van der Waals surface area contributed by atoms with Crippen molar-refractivity contribution in [2.75, 3.05) is 5.75 Å². The van der Waals surface area contributed by atoms with Gasteiger partial charge in [-0.2, -0.15) is 0 Å². The first-order valence-corrected chi connectivity index (χ1v) is 12.3. The van der Waals surface area contributed by atoms with Gasteiger partial charge in [-0.05, 0) is 48.0 Å². The summed E-state index contributed by atoms with van der Waals surface area (Å²) in [7, 11) is -3.82. The Kier molecular flexibility index (Phi) is 6.17. The smallest absolute Gasteiger partial charge is 0.265 e. The number of ketones is 1. The maximum atomic E-state index is 14.8. The van der Waals surface area contributed by atoms with Gasteiger partial charge < -0.3 is 0 Å². The number of rotatable bonds is 6. The van der Waals surface area contributed by atoms with Crippen molar-refractivity contribution in [3.05, 3.63) is 86.0 Å². The maximum absolute atomic E-state index is 14.8. The highest BCUT2D eigenvalue weighted by Gasteiger charge is 2.22. The van der Waals surface area contributed by atoms with E-state index in [1.807, 2.05) is 0 Å². The Morgan fingerprint density at radius 2 is 1.88 bits per heavy atom. The summed E-state index contributed by atoms with van der Waals surface area (Å²) < 4.78 is 40.8. The van der Waals surface area contributed by atoms with Crippen LogP contribution in [0.15, 0.2) is 63.9 Å². The number of thiophene rings is 1. The molecule has 2 aromatic heterocycles. The fourth-order valence-electron chi connectivity index (χ4n) is 3.15. The molecule has 0 fully saturated rings. The van der Waals surface area contributed by atoms with Crippen molar-refractivity contribution in [1.29, 1.82) is 0 Å². The van der Waals surface area contributed by atoms with Gasteiger partial charge in [0.2, 0.25) is 0 Å². The minimum Gasteiger partial charge on any atom is -0.298 e. The molecule has 0 aliphatic carbocycles. The second-order valence-electron chi connectivity index (χ2n) is 6.90. The van der Waals surface area contributed by atoms with Crippen molar-refractivity contribution in [3.8, 4) is 5.69 Å². The molecule has 2 heterocycles. The summed E-state index contributed by atoms with van der Waals surface area (Å²) in [6, 6.07) is 11.3. The second-order valence-corrected chi connectivity index (χ2v) is 11.3. The van der Waals surface area contributed by atoms with Gasteiger partial charge in [-0.1, -0.05) is 29.3 Å². The fourth-order valence-corrected chi connectivity index (χ4v) is 6.13. The van der Waals surface area contributed by atoms with E-state index in [1.54, 1.807) is 6.07 Å². The second kappa shape index (κ2) is 8.74. The standard InChI is InChI=1S/C21H13Cl2FN2O4S2/c22-13-2-3-15-17(9-13)25-11-26(21(15)28)18-4-1-12(8-16(18)24)7-14(27)10-32(29,30)20-6-5-19(23)31-20/h1-6,8-9,11H,7,10H2. The van der Waals surface area contributed by atoms with Gasteiger partial charge in [0, 0.05) is 11.4 Å². The van der Waals surface area contributed by atoms with Crippen molar-refractivity contribution in [1.82, 2.24) is 9.55 Å². The van der Waals surface area contributed by atoms with Crippen molar-refractivity contribution in [3.63, 3.8) is 0 Å². The Morgan fingerprint density at radius 1 is 1.09 bits per heavy atom. The van der Waals surface area contributed by atoms with Gasteiger partial charge in [0.1, 0.15) is 22.1 Å². The third kappa shape index (κ3) is 4.61. The van der Waals surface area contributed by atoms with Gasteiger partial charge in [0.05, 0.1) is 20.9 Å². The molecule has 0 saturated carbocycles. The van der Waals surface area contributed by atoms with Crippen LogP contribution in [0.4, 0.5) is 4.39 Å². The molecular formula is C21H13Cl2FN2O4S2. The van der Waals surface area contributed by atoms with Gasteiger partial charge in [-0.3, -0.25) is 14.2 Å². The molecule has 0 bridgehead atoms. The molecule has 6 nitrogen and oxygen atoms in total. The average Bonchev–Trinajstić information content (AvgIpc) is 3.16. The lowest BCUT2D eigenvalue weighted by Crippen LogP contribution is -2.20. The highest BCUT2D eigenvalue weighted by molar-refractivity contribution is 7.94. The molecule has 2 aromatic carbocycles. The lowest BCUT2D eigenvalue weighted by molar-refractivity contribution is -0.116. The maximum Gasteiger partial charge on any atom is 0.265 e. The number of nitrogens with zero attached hydrogens (tertiary/aromatic N) is 2. The predicted molar refractivity (Wildman–Crippen MR) is 122 cm³/mol. The van der Waals surface area contributed by atoms with Crippen LogP contribution in [0.25, 0.3) is 16.6 Å². The number of hydrogen-bond donors (Lipinski definition) is 0. The van der Waals surface area contributed by atoms with E-state index in [2.05, 4.69) is 4.98 Å². The van der Waals surface area contributed by atoms with Gasteiger partial charge in [0.15, 0.2) is 15.6 Å². The summed E-state index contributed by atoms with van der Waals surface area (Å²) in [5.74, 6) is -2.06. The van der Waals surface area contributed by atoms with E-state index in [4.69, 9.17) is 23.2 Å². The molecule has 4 rings (SSSR count). The zero-order valence-electron chi connectivity index (χ0n) is 16.1. The molecule has 0 saturated heterocycles. The molecule has 0 aliphatic heterocycles. The van der Waals surface area contributed by atoms with E-state index in [0.29, 0.717) is 14.9 Å². The minimum atomic E-state index is -3.82. The first kappa shape index (κ1) is 22.6. The normalized spacial score (nSPS) is 11.7. The fraction of sp³-hybridized carbons (Fsp3) is 0.0952. The van der Waals surface area contributed by atoms with Crippen molar-refractivity contribution >= 4 is 61.1 Å². The molecule has 0 unspecified atom stereocenters. The Balaban J connectivity index is 1.57. The van der Waals surface area contributed by atoms with Crippen LogP contribution >= 0.6 is 34.5 Å². The van der Waals surface area contributed by atoms with Crippen LogP contribution in [-0.4, -0.2) is 29.5 Å². The van der Waals surface area contributed by atoms with E-state index < -0.39 is 32.7 Å². The minimum absolute atomic E-state index is 0.00171. The Labute approximate surface area is 195 Å². The summed E-state index contributed by atoms with van der Waals surface area (Å²) in [5, 5.41) is 0.695. The van der Waals surface area contributed by atoms with Crippen molar-refractivity contribution in [2.45, 2.75) is 10.6 Å². The molecule has 4 aromatic rings. The third-order valence-electron chi connectivity index (χ3n) is 4.60. The number of carbonyl (C=O) groups is 1. The van der Waals surface area contributed by atoms with Crippen LogP contribution < -0.4 is 5.56 Å². The number of halogens is 3. The third-order valence-corrected chi connectivity index (χ3v) is 8.32. The quantitative estimate of drug-likeness (QED) is 0.381. The summed E-state index contributed by atoms with van der Waals surface area (Å²) in [5.41, 5.74) is 0.144. The van der Waals surface area contributed by atoms with Crippen LogP contribution in [0.5, 0.6) is 0 Å². The van der Waals surface area contributed by atoms with E-state index >= 15 is 0 Å². The number of Topliss-reactive ketones (excluding diaryl/α,β-unsaturated/α-hetero) is 1. The summed E-state index contributed by atoms with van der Waals surface area (Å²) in [4.78, 5) is 29.2. The summed E-state index contributed by atoms with van der Waals surface area (Å²) >= 11 is 12.5. The monoisotopic (exact) mass is 510 g/mol. The highest BCUT2D eigenvalue weighted by atomic mass is 35.5. The van der Waals surface area contributed by atoms with E-state index in [1.165, 1.54) is 42.7 Å². The number of aromatic nitrogens is 2. The van der Waals surface area contributed by atoms with Gasteiger partial charge in [0.25, 0.3) is 5.56 Å². The lowest BCUT2D eigenvalue weighted by Gasteiger charge is -2.09. The van der Waals surface area contributed by atoms with Gasteiger partial charge in [-0.25, -0.2) is 17.8 Å². The molecule has 0 radical (unpaired) electrons. The number of sulfone groups is 1. The largest absolute Gasteiger partial charge is 0.298 e. The zero-order valence-corrected chi connectivity index (χ0v) is 19.2. The lowest BCUT2D eigenvalue weighted by atomic mass is 10.1. The number of benzene rings is 2. The van der Waals surface area contributed by atoms with Crippen molar-refractivity contribution < 1.29 is 17.6 Å². The highest BCUT2D eigenvalue weighted by Crippen LogP contribution is 2.26. The number of carbonyl (C=O) groups excluding carboxylic acids is 1. The molecule has 0 N–H and O–H groups in total. The molecule has 32 heavy (non-hydrogen) atoms. The summed E-state index contributed by atoms with van der Waals surface area (Å²) in [6.07, 6.45) is 0.919. The first-order valence-electron chi connectivity index (χ1n) is 9.09. The topological polar surface area (TPSA) is 86.1 Å². The van der Waals surface area contributed by atoms with Crippen LogP contribution in [-0.2, 0) is 21.1 Å². The zero-order chi connectivity index (χ0) is 23.0. The molecule has 0 spiro atoms. The van der Waals surface area contributed by atoms with Crippen molar-refractivity contribution in [2.24, 2.45) is 0 Å². The molecule has 0 aliphatic rings. The average molecular weight is 511 g/mol.